The lowest BCUT2D eigenvalue weighted by Gasteiger charge is -2.32. The van der Waals surface area contributed by atoms with Crippen LogP contribution in [0.1, 0.15) is 43.6 Å². The van der Waals surface area contributed by atoms with E-state index < -0.39 is 0 Å². The average Bonchev–Trinajstić information content (AvgIpc) is 2.52. The Balaban J connectivity index is 1.76. The molecule has 0 atom stereocenters. The highest BCUT2D eigenvalue weighted by Gasteiger charge is 2.20. The molecule has 0 amide bonds. The lowest BCUT2D eigenvalue weighted by molar-refractivity contribution is -0.384. The van der Waals surface area contributed by atoms with Crippen LogP contribution in [0.5, 0.6) is 0 Å². The third-order valence-corrected chi connectivity index (χ3v) is 4.34. The van der Waals surface area contributed by atoms with Crippen molar-refractivity contribution in [1.29, 1.82) is 0 Å². The molecule has 1 fully saturated rings. The van der Waals surface area contributed by atoms with E-state index in [2.05, 4.69) is 4.90 Å². The van der Waals surface area contributed by atoms with Crippen molar-refractivity contribution in [2.75, 3.05) is 26.2 Å². The number of hydrogen-bond donors (Lipinski definition) is 1. The first-order valence-corrected chi connectivity index (χ1v) is 7.87. The molecule has 2 N–H and O–H groups in total. The molecular formula is C16H25N3O2. The van der Waals surface area contributed by atoms with Gasteiger partial charge in [-0.3, -0.25) is 10.1 Å². The van der Waals surface area contributed by atoms with E-state index in [1.807, 2.05) is 12.1 Å². The molecule has 1 aliphatic rings. The monoisotopic (exact) mass is 291 g/mol. The van der Waals surface area contributed by atoms with Crippen LogP contribution in [0, 0.1) is 10.1 Å². The highest BCUT2D eigenvalue weighted by molar-refractivity contribution is 5.34. The minimum absolute atomic E-state index is 0.177. The smallest absolute Gasteiger partial charge is 0.269 e. The Morgan fingerprint density at radius 2 is 1.81 bits per heavy atom. The van der Waals surface area contributed by atoms with E-state index in [1.165, 1.54) is 24.9 Å². The van der Waals surface area contributed by atoms with Crippen LogP contribution < -0.4 is 5.73 Å². The van der Waals surface area contributed by atoms with E-state index in [0.29, 0.717) is 5.92 Å². The second-order valence-corrected chi connectivity index (χ2v) is 5.81. The molecule has 1 aromatic rings. The molecule has 1 saturated heterocycles. The van der Waals surface area contributed by atoms with E-state index in [4.69, 9.17) is 5.73 Å². The number of nitrogens with zero attached hydrogens (tertiary/aromatic N) is 2. The van der Waals surface area contributed by atoms with Gasteiger partial charge in [0.25, 0.3) is 5.69 Å². The molecule has 0 aromatic heterocycles. The van der Waals surface area contributed by atoms with Crippen molar-refractivity contribution in [3.63, 3.8) is 0 Å². The van der Waals surface area contributed by atoms with Crippen molar-refractivity contribution in [2.24, 2.45) is 5.73 Å². The highest BCUT2D eigenvalue weighted by atomic mass is 16.6. The maximum absolute atomic E-state index is 10.7. The number of benzene rings is 1. The maximum atomic E-state index is 10.7. The minimum Gasteiger partial charge on any atom is -0.330 e. The van der Waals surface area contributed by atoms with Crippen LogP contribution in [0.15, 0.2) is 24.3 Å². The summed E-state index contributed by atoms with van der Waals surface area (Å²) in [6.45, 7) is 4.23. The van der Waals surface area contributed by atoms with Crippen LogP contribution in [0.3, 0.4) is 0 Å². The zero-order valence-corrected chi connectivity index (χ0v) is 12.5. The number of likely N-dealkylation sites (tertiary alicyclic amines) is 1. The topological polar surface area (TPSA) is 72.4 Å². The van der Waals surface area contributed by atoms with Crippen molar-refractivity contribution in [2.45, 2.75) is 38.0 Å². The van der Waals surface area contributed by atoms with Crippen molar-refractivity contribution < 1.29 is 4.92 Å². The number of nitrogens with two attached hydrogens (primary N) is 1. The van der Waals surface area contributed by atoms with Crippen LogP contribution >= 0.6 is 0 Å². The van der Waals surface area contributed by atoms with E-state index in [-0.39, 0.29) is 10.6 Å². The number of nitro groups is 1. The fraction of sp³-hybridized carbons (Fsp3) is 0.625. The van der Waals surface area contributed by atoms with E-state index in [0.717, 1.165) is 38.9 Å². The molecule has 116 valence electrons. The van der Waals surface area contributed by atoms with Crippen LogP contribution in [-0.4, -0.2) is 36.0 Å². The van der Waals surface area contributed by atoms with Crippen molar-refractivity contribution >= 4 is 5.69 Å². The second-order valence-electron chi connectivity index (χ2n) is 5.81. The first-order valence-electron chi connectivity index (χ1n) is 7.87. The third kappa shape index (κ3) is 4.79. The quantitative estimate of drug-likeness (QED) is 0.476. The summed E-state index contributed by atoms with van der Waals surface area (Å²) < 4.78 is 0. The van der Waals surface area contributed by atoms with Crippen LogP contribution in [0.2, 0.25) is 0 Å². The van der Waals surface area contributed by atoms with Gasteiger partial charge in [0.2, 0.25) is 0 Å². The van der Waals surface area contributed by atoms with Gasteiger partial charge in [0.05, 0.1) is 4.92 Å². The first-order chi connectivity index (χ1) is 10.2. The van der Waals surface area contributed by atoms with Gasteiger partial charge in [0, 0.05) is 12.1 Å². The Kier molecular flexibility index (Phi) is 6.14. The molecule has 0 unspecified atom stereocenters. The molecular weight excluding hydrogens is 266 g/mol. The molecule has 1 aromatic carbocycles. The van der Waals surface area contributed by atoms with Crippen LogP contribution in [0.25, 0.3) is 0 Å². The Bertz CT molecular complexity index is 439. The molecule has 1 aliphatic heterocycles. The molecule has 0 spiro atoms. The second kappa shape index (κ2) is 8.10. The Labute approximate surface area is 126 Å². The van der Waals surface area contributed by atoms with Gasteiger partial charge in [0.15, 0.2) is 0 Å². The standard InChI is InChI=1S/C16H25N3O2/c17-10-2-1-3-11-18-12-8-15(9-13-18)14-4-6-16(7-5-14)19(20)21/h4-7,15H,1-3,8-13,17H2. The molecule has 5 heteroatoms. The molecule has 2 rings (SSSR count). The van der Waals surface area contributed by atoms with E-state index >= 15 is 0 Å². The third-order valence-electron chi connectivity index (χ3n) is 4.34. The predicted molar refractivity (Wildman–Crippen MR) is 84.4 cm³/mol. The normalized spacial score (nSPS) is 17.0. The number of rotatable bonds is 7. The van der Waals surface area contributed by atoms with Crippen molar-refractivity contribution in [3.05, 3.63) is 39.9 Å². The molecule has 0 aliphatic carbocycles. The number of hydrogen-bond acceptors (Lipinski definition) is 4. The predicted octanol–water partition coefficient (Wildman–Crippen LogP) is 2.90. The molecule has 21 heavy (non-hydrogen) atoms. The van der Waals surface area contributed by atoms with Crippen molar-refractivity contribution in [3.8, 4) is 0 Å². The van der Waals surface area contributed by atoms with Gasteiger partial charge >= 0.3 is 0 Å². The summed E-state index contributed by atoms with van der Waals surface area (Å²) in [4.78, 5) is 12.9. The van der Waals surface area contributed by atoms with Gasteiger partial charge in [0.1, 0.15) is 0 Å². The zero-order chi connectivity index (χ0) is 15.1. The molecule has 1 heterocycles. The fourth-order valence-corrected chi connectivity index (χ4v) is 3.01. The first kappa shape index (κ1) is 15.9. The summed E-state index contributed by atoms with van der Waals surface area (Å²) in [7, 11) is 0. The highest BCUT2D eigenvalue weighted by Crippen LogP contribution is 2.29. The van der Waals surface area contributed by atoms with Gasteiger partial charge in [-0.25, -0.2) is 0 Å². The van der Waals surface area contributed by atoms with Gasteiger partial charge in [-0.1, -0.05) is 18.6 Å². The lowest BCUT2D eigenvalue weighted by atomic mass is 9.89. The Morgan fingerprint density at radius 1 is 1.14 bits per heavy atom. The summed E-state index contributed by atoms with van der Waals surface area (Å²) in [5.41, 5.74) is 6.92. The molecule has 5 nitrogen and oxygen atoms in total. The van der Waals surface area contributed by atoms with Crippen LogP contribution in [-0.2, 0) is 0 Å². The van der Waals surface area contributed by atoms with Gasteiger partial charge in [-0.2, -0.15) is 0 Å². The van der Waals surface area contributed by atoms with E-state index in [9.17, 15) is 10.1 Å². The van der Waals surface area contributed by atoms with Gasteiger partial charge in [-0.05, 0) is 63.3 Å². The Morgan fingerprint density at radius 3 is 2.38 bits per heavy atom. The van der Waals surface area contributed by atoms with E-state index in [1.54, 1.807) is 12.1 Å². The Hall–Kier alpha value is -1.46. The SMILES string of the molecule is NCCCCCN1CCC(c2ccc([N+](=O)[O-])cc2)CC1. The summed E-state index contributed by atoms with van der Waals surface area (Å²) in [5, 5.41) is 10.7. The maximum Gasteiger partial charge on any atom is 0.269 e. The number of non-ortho nitro benzene ring substituents is 1. The largest absolute Gasteiger partial charge is 0.330 e. The fourth-order valence-electron chi connectivity index (χ4n) is 3.01. The molecule has 0 radical (unpaired) electrons. The number of unbranched alkanes of at least 4 members (excludes halogenated alkanes) is 2. The van der Waals surface area contributed by atoms with Crippen LogP contribution in [0.4, 0.5) is 5.69 Å². The summed E-state index contributed by atoms with van der Waals surface area (Å²) in [6.07, 6.45) is 5.88. The average molecular weight is 291 g/mol. The van der Waals surface area contributed by atoms with Gasteiger partial charge < -0.3 is 10.6 Å². The van der Waals surface area contributed by atoms with Crippen molar-refractivity contribution in [1.82, 2.24) is 4.90 Å². The summed E-state index contributed by atoms with van der Waals surface area (Å²) in [6, 6.07) is 7.07. The molecule has 0 bridgehead atoms. The van der Waals surface area contributed by atoms with Gasteiger partial charge in [-0.15, -0.1) is 0 Å². The minimum atomic E-state index is -0.340. The zero-order valence-electron chi connectivity index (χ0n) is 12.5. The number of nitro benzene ring substituents is 1. The molecule has 0 saturated carbocycles. The lowest BCUT2D eigenvalue weighted by Crippen LogP contribution is -2.33. The summed E-state index contributed by atoms with van der Waals surface area (Å²) >= 11 is 0. The number of piperidine rings is 1. The summed E-state index contributed by atoms with van der Waals surface area (Å²) in [5.74, 6) is 0.547.